The average Bonchev–Trinajstić information content (AvgIpc) is 3.23. The molecule has 22 heavy (non-hydrogen) atoms. The number of hydrogen-bond donors (Lipinski definition) is 0. The molecule has 3 rings (SSSR count). The van der Waals surface area contributed by atoms with Gasteiger partial charge in [-0.25, -0.2) is 0 Å². The third-order valence-corrected chi connectivity index (χ3v) is 5.05. The maximum Gasteiger partial charge on any atom is 0.236 e. The van der Waals surface area contributed by atoms with E-state index in [1.807, 2.05) is 40.3 Å². The molecule has 0 saturated carbocycles. The van der Waals surface area contributed by atoms with E-state index in [4.69, 9.17) is 0 Å². The molecule has 2 aromatic rings. The number of rotatable bonds is 6. The van der Waals surface area contributed by atoms with Gasteiger partial charge in [-0.1, -0.05) is 6.07 Å². The van der Waals surface area contributed by atoms with E-state index in [1.54, 1.807) is 17.5 Å². The van der Waals surface area contributed by atoms with Crippen LogP contribution in [0.2, 0.25) is 0 Å². The van der Waals surface area contributed by atoms with Gasteiger partial charge in [-0.3, -0.25) is 14.4 Å². The average molecular weight is 318 g/mol. The lowest BCUT2D eigenvalue weighted by Crippen LogP contribution is -2.41. The molecule has 3 heterocycles. The number of amides is 1. The Kier molecular flexibility index (Phi) is 4.90. The maximum atomic E-state index is 12.4. The quantitative estimate of drug-likeness (QED) is 0.819. The van der Waals surface area contributed by atoms with Crippen molar-refractivity contribution in [3.05, 3.63) is 40.8 Å². The summed E-state index contributed by atoms with van der Waals surface area (Å²) >= 11 is 1.70. The van der Waals surface area contributed by atoms with Crippen LogP contribution in [0.15, 0.2) is 36.0 Å². The fourth-order valence-corrected chi connectivity index (χ4v) is 3.71. The number of thiophene rings is 1. The van der Waals surface area contributed by atoms with Gasteiger partial charge in [-0.2, -0.15) is 5.10 Å². The summed E-state index contributed by atoms with van der Waals surface area (Å²) in [4.78, 5) is 17.8. The first-order chi connectivity index (χ1) is 10.7. The molecule has 1 amide bonds. The van der Waals surface area contributed by atoms with Crippen molar-refractivity contribution in [2.75, 3.05) is 20.1 Å². The van der Waals surface area contributed by atoms with Crippen molar-refractivity contribution in [3.63, 3.8) is 0 Å². The van der Waals surface area contributed by atoms with E-state index in [2.05, 4.69) is 16.1 Å². The van der Waals surface area contributed by atoms with Crippen molar-refractivity contribution in [1.29, 1.82) is 0 Å². The Labute approximate surface area is 135 Å². The van der Waals surface area contributed by atoms with E-state index in [9.17, 15) is 4.79 Å². The monoisotopic (exact) mass is 318 g/mol. The molecule has 0 unspecified atom stereocenters. The molecule has 1 saturated heterocycles. The molecular weight excluding hydrogens is 296 g/mol. The normalized spacial score (nSPS) is 18.7. The zero-order valence-electron chi connectivity index (χ0n) is 12.9. The van der Waals surface area contributed by atoms with Gasteiger partial charge in [-0.15, -0.1) is 11.3 Å². The summed E-state index contributed by atoms with van der Waals surface area (Å²) in [5.41, 5.74) is 0. The molecule has 5 nitrogen and oxygen atoms in total. The van der Waals surface area contributed by atoms with E-state index in [-0.39, 0.29) is 5.91 Å². The van der Waals surface area contributed by atoms with Crippen LogP contribution in [0.4, 0.5) is 0 Å². The van der Waals surface area contributed by atoms with Gasteiger partial charge in [0.2, 0.25) is 5.91 Å². The Bertz CT molecular complexity index is 581. The minimum absolute atomic E-state index is 0.195. The van der Waals surface area contributed by atoms with Crippen molar-refractivity contribution in [3.8, 4) is 0 Å². The van der Waals surface area contributed by atoms with Crippen LogP contribution in [-0.2, 0) is 17.9 Å². The Morgan fingerprint density at radius 1 is 1.50 bits per heavy atom. The first-order valence-electron chi connectivity index (χ1n) is 7.70. The lowest BCUT2D eigenvalue weighted by Gasteiger charge is -2.26. The standard InChI is InChI=1S/C16H22N4OS/c1-18(12-15-6-3-10-22-15)16(21)13-19-8-2-5-14(19)11-20-9-4-7-17-20/h3-4,6-7,9-10,14H,2,5,8,11-13H2,1H3/t14-/m0/s1. The van der Waals surface area contributed by atoms with Crippen LogP contribution in [0.5, 0.6) is 0 Å². The topological polar surface area (TPSA) is 41.4 Å². The summed E-state index contributed by atoms with van der Waals surface area (Å²) in [6.07, 6.45) is 6.09. The Morgan fingerprint density at radius 3 is 3.14 bits per heavy atom. The van der Waals surface area contributed by atoms with E-state index in [0.29, 0.717) is 19.1 Å². The fraction of sp³-hybridized carbons (Fsp3) is 0.500. The number of carbonyl (C=O) groups excluding carboxylic acids is 1. The van der Waals surface area contributed by atoms with Crippen molar-refractivity contribution in [2.24, 2.45) is 0 Å². The molecule has 1 aliphatic heterocycles. The zero-order chi connectivity index (χ0) is 15.4. The van der Waals surface area contributed by atoms with Gasteiger partial charge in [-0.05, 0) is 36.9 Å². The minimum Gasteiger partial charge on any atom is -0.340 e. The molecule has 0 N–H and O–H groups in total. The highest BCUT2D eigenvalue weighted by Gasteiger charge is 2.27. The summed E-state index contributed by atoms with van der Waals surface area (Å²) in [5, 5.41) is 6.32. The highest BCUT2D eigenvalue weighted by Crippen LogP contribution is 2.19. The van der Waals surface area contributed by atoms with Crippen LogP contribution in [0, 0.1) is 0 Å². The van der Waals surface area contributed by atoms with Crippen LogP contribution in [-0.4, -0.2) is 51.7 Å². The summed E-state index contributed by atoms with van der Waals surface area (Å²) in [7, 11) is 1.89. The van der Waals surface area contributed by atoms with Crippen LogP contribution in [0.25, 0.3) is 0 Å². The molecule has 0 spiro atoms. The largest absolute Gasteiger partial charge is 0.340 e. The van der Waals surface area contributed by atoms with E-state index in [1.165, 1.54) is 4.88 Å². The first-order valence-corrected chi connectivity index (χ1v) is 8.58. The molecule has 1 atom stereocenters. The SMILES string of the molecule is CN(Cc1cccs1)C(=O)CN1CCC[C@H]1Cn1cccn1. The molecular formula is C16H22N4OS. The maximum absolute atomic E-state index is 12.4. The van der Waals surface area contributed by atoms with Gasteiger partial charge in [0.1, 0.15) is 0 Å². The zero-order valence-corrected chi connectivity index (χ0v) is 13.7. The molecule has 2 aromatic heterocycles. The lowest BCUT2D eigenvalue weighted by atomic mass is 10.2. The third-order valence-electron chi connectivity index (χ3n) is 4.19. The molecule has 118 valence electrons. The van der Waals surface area contributed by atoms with Gasteiger partial charge in [0, 0.05) is 30.4 Å². The molecule has 0 aliphatic carbocycles. The number of carbonyl (C=O) groups is 1. The molecule has 0 radical (unpaired) electrons. The highest BCUT2D eigenvalue weighted by molar-refractivity contribution is 7.09. The second kappa shape index (κ2) is 7.07. The molecule has 6 heteroatoms. The lowest BCUT2D eigenvalue weighted by molar-refractivity contribution is -0.131. The second-order valence-corrected chi connectivity index (χ2v) is 6.86. The van der Waals surface area contributed by atoms with Crippen LogP contribution >= 0.6 is 11.3 Å². The van der Waals surface area contributed by atoms with Gasteiger partial charge in [0.15, 0.2) is 0 Å². The highest BCUT2D eigenvalue weighted by atomic mass is 32.1. The minimum atomic E-state index is 0.195. The molecule has 0 bridgehead atoms. The van der Waals surface area contributed by atoms with E-state index < -0.39 is 0 Å². The summed E-state index contributed by atoms with van der Waals surface area (Å²) in [6, 6.07) is 6.46. The fourth-order valence-electron chi connectivity index (χ4n) is 2.95. The Hall–Kier alpha value is -1.66. The van der Waals surface area contributed by atoms with Crippen molar-refractivity contribution < 1.29 is 4.79 Å². The van der Waals surface area contributed by atoms with Gasteiger partial charge in [0.25, 0.3) is 0 Å². The Morgan fingerprint density at radius 2 is 2.41 bits per heavy atom. The number of hydrogen-bond acceptors (Lipinski definition) is 4. The smallest absolute Gasteiger partial charge is 0.236 e. The van der Waals surface area contributed by atoms with Crippen LogP contribution < -0.4 is 0 Å². The molecule has 1 fully saturated rings. The summed E-state index contributed by atoms with van der Waals surface area (Å²) in [5.74, 6) is 0.195. The van der Waals surface area contributed by atoms with E-state index in [0.717, 1.165) is 25.9 Å². The first kappa shape index (κ1) is 15.2. The second-order valence-electron chi connectivity index (χ2n) is 5.82. The van der Waals surface area contributed by atoms with Gasteiger partial charge >= 0.3 is 0 Å². The molecule has 1 aliphatic rings. The van der Waals surface area contributed by atoms with Crippen LogP contribution in [0.3, 0.4) is 0 Å². The number of aromatic nitrogens is 2. The van der Waals surface area contributed by atoms with Crippen molar-refractivity contribution in [1.82, 2.24) is 19.6 Å². The number of likely N-dealkylation sites (N-methyl/N-ethyl adjacent to an activating group) is 1. The molecule has 0 aromatic carbocycles. The summed E-state index contributed by atoms with van der Waals surface area (Å²) < 4.78 is 1.96. The van der Waals surface area contributed by atoms with Crippen LogP contribution in [0.1, 0.15) is 17.7 Å². The van der Waals surface area contributed by atoms with Gasteiger partial charge in [0.05, 0.1) is 19.6 Å². The van der Waals surface area contributed by atoms with E-state index >= 15 is 0 Å². The summed E-state index contributed by atoms with van der Waals surface area (Å²) in [6.45, 7) is 3.08. The Balaban J connectivity index is 1.53. The van der Waals surface area contributed by atoms with Gasteiger partial charge < -0.3 is 4.90 Å². The predicted octanol–water partition coefficient (Wildman–Crippen LogP) is 2.07. The third kappa shape index (κ3) is 3.75. The number of likely N-dealkylation sites (tertiary alicyclic amines) is 1. The van der Waals surface area contributed by atoms with Crippen molar-refractivity contribution in [2.45, 2.75) is 32.0 Å². The predicted molar refractivity (Wildman–Crippen MR) is 87.6 cm³/mol. The van der Waals surface area contributed by atoms with Crippen molar-refractivity contribution >= 4 is 17.2 Å². The number of nitrogens with zero attached hydrogens (tertiary/aromatic N) is 4.